The van der Waals surface area contributed by atoms with E-state index in [2.05, 4.69) is 10.2 Å². The molecule has 4 aromatic rings. The molecule has 0 fully saturated rings. The molecule has 0 radical (unpaired) electrons. The molecule has 8 nitrogen and oxygen atoms in total. The van der Waals surface area contributed by atoms with Gasteiger partial charge in [0.2, 0.25) is 0 Å². The molecule has 0 aliphatic carbocycles. The van der Waals surface area contributed by atoms with Gasteiger partial charge in [0.15, 0.2) is 11.5 Å². The van der Waals surface area contributed by atoms with Gasteiger partial charge in [0.05, 0.1) is 27.5 Å². The predicted octanol–water partition coefficient (Wildman–Crippen LogP) is 4.35. The van der Waals surface area contributed by atoms with Crippen LogP contribution in [0.1, 0.15) is 17.0 Å². The van der Waals surface area contributed by atoms with E-state index in [1.807, 2.05) is 0 Å². The molecule has 0 N–H and O–H groups in total. The van der Waals surface area contributed by atoms with E-state index in [0.717, 1.165) is 0 Å². The average Bonchev–Trinajstić information content (AvgIpc) is 3.24. The Labute approximate surface area is 205 Å². The number of fused-ring (bicyclic) bond motifs is 1. The van der Waals surface area contributed by atoms with E-state index in [1.165, 1.54) is 22.7 Å². The lowest BCUT2D eigenvalue weighted by atomic mass is 10.2. The molecular formula is C21H14F6N4O4S2. The smallest absolute Gasteiger partial charge is 0.285 e. The minimum absolute atomic E-state index is 0.0470. The Morgan fingerprint density at radius 3 is 1.57 bits per heavy atom. The molecule has 2 heterocycles. The van der Waals surface area contributed by atoms with Crippen molar-refractivity contribution in [2.24, 2.45) is 0 Å². The number of aromatic nitrogens is 3. The van der Waals surface area contributed by atoms with Crippen LogP contribution in [0.2, 0.25) is 0 Å². The van der Waals surface area contributed by atoms with Crippen LogP contribution >= 0.6 is 0 Å². The maximum absolute atomic E-state index is 13.4. The normalized spacial score (nSPS) is 13.4. The molecule has 4 rings (SSSR count). The molecule has 196 valence electrons. The van der Waals surface area contributed by atoms with Crippen LogP contribution in [0.4, 0.5) is 26.3 Å². The standard InChI is InChI=1S/C21H14F6N4O4S2/c22-20(23,24)14-4-8-16(9-5-14)36(32,33)31(13-19-29-28-18-3-1-2-12-30(18)19)37(34,35)17-10-6-15(7-11-17)21(25,26)27/h1-12H,13H2. The lowest BCUT2D eigenvalue weighted by Crippen LogP contribution is -2.37. The zero-order valence-electron chi connectivity index (χ0n) is 18.1. The maximum atomic E-state index is 13.4. The minimum Gasteiger partial charge on any atom is -0.285 e. The molecular weight excluding hydrogens is 550 g/mol. The molecule has 0 spiro atoms. The zero-order valence-corrected chi connectivity index (χ0v) is 19.8. The largest absolute Gasteiger partial charge is 0.416 e. The molecule has 2 aromatic carbocycles. The molecule has 0 atom stereocenters. The Bertz CT molecular complexity index is 1560. The van der Waals surface area contributed by atoms with Crippen molar-refractivity contribution in [1.82, 2.24) is 18.3 Å². The highest BCUT2D eigenvalue weighted by molar-refractivity contribution is 8.04. The van der Waals surface area contributed by atoms with Gasteiger partial charge in [0, 0.05) is 6.20 Å². The molecule has 0 saturated heterocycles. The van der Waals surface area contributed by atoms with Crippen molar-refractivity contribution in [3.63, 3.8) is 0 Å². The van der Waals surface area contributed by atoms with Crippen molar-refractivity contribution >= 4 is 25.7 Å². The Morgan fingerprint density at radius 1 is 0.676 bits per heavy atom. The first-order chi connectivity index (χ1) is 17.1. The second-order valence-corrected chi connectivity index (χ2v) is 11.5. The monoisotopic (exact) mass is 564 g/mol. The quantitative estimate of drug-likeness (QED) is 0.323. The summed E-state index contributed by atoms with van der Waals surface area (Å²) in [6.07, 6.45) is -8.15. The van der Waals surface area contributed by atoms with E-state index in [4.69, 9.17) is 0 Å². The summed E-state index contributed by atoms with van der Waals surface area (Å²) in [6.45, 7) is -0.960. The average molecular weight is 564 g/mol. The molecule has 2 aromatic heterocycles. The van der Waals surface area contributed by atoms with E-state index in [0.29, 0.717) is 48.5 Å². The first-order valence-electron chi connectivity index (χ1n) is 10.0. The fraction of sp³-hybridized carbons (Fsp3) is 0.143. The Hall–Kier alpha value is -3.50. The highest BCUT2D eigenvalue weighted by Crippen LogP contribution is 2.33. The number of sulfonamides is 2. The molecule has 0 unspecified atom stereocenters. The van der Waals surface area contributed by atoms with Gasteiger partial charge in [-0.05, 0) is 60.7 Å². The van der Waals surface area contributed by atoms with Gasteiger partial charge in [-0.15, -0.1) is 10.2 Å². The molecule has 16 heteroatoms. The first kappa shape index (κ1) is 26.6. The van der Waals surface area contributed by atoms with E-state index < -0.39 is 59.9 Å². The van der Waals surface area contributed by atoms with Crippen molar-refractivity contribution in [3.8, 4) is 0 Å². The van der Waals surface area contributed by atoms with Crippen LogP contribution in [0.25, 0.3) is 5.65 Å². The van der Waals surface area contributed by atoms with Gasteiger partial charge in [-0.1, -0.05) is 9.78 Å². The molecule has 0 aliphatic heterocycles. The Morgan fingerprint density at radius 2 is 1.14 bits per heavy atom. The molecule has 37 heavy (non-hydrogen) atoms. The minimum atomic E-state index is -5.08. The first-order valence-corrected chi connectivity index (χ1v) is 12.9. The van der Waals surface area contributed by atoms with Crippen LogP contribution in [-0.2, 0) is 38.9 Å². The summed E-state index contributed by atoms with van der Waals surface area (Å²) in [4.78, 5) is -1.60. The number of nitrogens with zero attached hydrogens (tertiary/aromatic N) is 4. The molecule has 0 amide bonds. The fourth-order valence-electron chi connectivity index (χ4n) is 3.28. The van der Waals surface area contributed by atoms with Crippen molar-refractivity contribution in [2.75, 3.05) is 0 Å². The van der Waals surface area contributed by atoms with Gasteiger partial charge in [-0.25, -0.2) is 16.8 Å². The number of halogens is 6. The van der Waals surface area contributed by atoms with Gasteiger partial charge < -0.3 is 0 Å². The van der Waals surface area contributed by atoms with Crippen molar-refractivity contribution in [2.45, 2.75) is 28.7 Å². The number of pyridine rings is 1. The summed E-state index contributed by atoms with van der Waals surface area (Å²) in [5.74, 6) is -0.179. The maximum Gasteiger partial charge on any atom is 0.416 e. The molecule has 0 saturated carbocycles. The van der Waals surface area contributed by atoms with Crippen molar-refractivity contribution in [1.29, 1.82) is 0 Å². The van der Waals surface area contributed by atoms with Crippen LogP contribution < -0.4 is 0 Å². The summed E-state index contributed by atoms with van der Waals surface area (Å²) in [5.41, 5.74) is -2.12. The SMILES string of the molecule is O=S(=O)(c1ccc(C(F)(F)F)cc1)N(Cc1nnc2ccccn12)S(=O)(=O)c1ccc(C(F)(F)F)cc1. The van der Waals surface area contributed by atoms with Crippen LogP contribution in [0, 0.1) is 0 Å². The summed E-state index contributed by atoms with van der Waals surface area (Å²) in [5, 5.41) is 7.59. The summed E-state index contributed by atoms with van der Waals surface area (Å²) < 4.78 is 133. The van der Waals surface area contributed by atoms with Gasteiger partial charge in [-0.3, -0.25) is 4.40 Å². The zero-order chi connectivity index (χ0) is 27.2. The number of hydrogen-bond donors (Lipinski definition) is 0. The van der Waals surface area contributed by atoms with E-state index in [9.17, 15) is 43.2 Å². The van der Waals surface area contributed by atoms with Gasteiger partial charge in [0.1, 0.15) is 0 Å². The third-order valence-electron chi connectivity index (χ3n) is 5.15. The number of hydrogen-bond acceptors (Lipinski definition) is 6. The summed E-state index contributed by atoms with van der Waals surface area (Å²) >= 11 is 0. The number of alkyl halides is 6. The summed E-state index contributed by atoms with van der Waals surface area (Å²) in [6, 6.07) is 8.77. The second kappa shape index (κ2) is 9.11. The Balaban J connectivity index is 1.84. The molecule has 0 aliphatic rings. The predicted molar refractivity (Wildman–Crippen MR) is 116 cm³/mol. The van der Waals surface area contributed by atoms with E-state index >= 15 is 0 Å². The number of benzene rings is 2. The van der Waals surface area contributed by atoms with Crippen molar-refractivity contribution < 1.29 is 43.2 Å². The van der Waals surface area contributed by atoms with E-state index in [-0.39, 0.29) is 15.2 Å². The summed E-state index contributed by atoms with van der Waals surface area (Å²) in [7, 11) is -10.2. The van der Waals surface area contributed by atoms with Gasteiger partial charge in [-0.2, -0.15) is 26.3 Å². The van der Waals surface area contributed by atoms with Gasteiger partial charge in [0.25, 0.3) is 20.0 Å². The van der Waals surface area contributed by atoms with Gasteiger partial charge >= 0.3 is 12.4 Å². The highest BCUT2D eigenvalue weighted by Gasteiger charge is 2.39. The van der Waals surface area contributed by atoms with Crippen LogP contribution in [0.5, 0.6) is 0 Å². The van der Waals surface area contributed by atoms with Crippen LogP contribution in [0.15, 0.2) is 82.7 Å². The second-order valence-electron chi connectivity index (χ2n) is 7.53. The number of rotatable bonds is 6. The van der Waals surface area contributed by atoms with Crippen LogP contribution in [-0.4, -0.2) is 35.1 Å². The lowest BCUT2D eigenvalue weighted by molar-refractivity contribution is -0.138. The molecule has 0 bridgehead atoms. The van der Waals surface area contributed by atoms with E-state index in [1.54, 1.807) is 6.07 Å². The highest BCUT2D eigenvalue weighted by atomic mass is 32.3. The Kier molecular flexibility index (Phi) is 6.54. The third-order valence-corrected chi connectivity index (χ3v) is 9.39. The third kappa shape index (κ3) is 5.17. The lowest BCUT2D eigenvalue weighted by Gasteiger charge is -2.22. The fourth-order valence-corrected chi connectivity index (χ4v) is 6.83. The van der Waals surface area contributed by atoms with Crippen LogP contribution in [0.3, 0.4) is 0 Å². The van der Waals surface area contributed by atoms with Crippen molar-refractivity contribution in [3.05, 3.63) is 89.9 Å². The topological polar surface area (TPSA) is 102 Å².